The average Bonchev–Trinajstić information content (AvgIpc) is 3.66. The lowest BCUT2D eigenvalue weighted by molar-refractivity contribution is -0.137. The fourth-order valence-electron chi connectivity index (χ4n) is 3.99. The number of carboxylic acids is 1. The first-order valence-electron chi connectivity index (χ1n) is 12.1. The van der Waals surface area contributed by atoms with Gasteiger partial charge < -0.3 is 20.5 Å². The highest BCUT2D eigenvalue weighted by molar-refractivity contribution is 6.01. The number of aliphatic carboxylic acids is 1. The Morgan fingerprint density at radius 1 is 1.00 bits per heavy atom. The quantitative estimate of drug-likeness (QED) is 0.364. The molecule has 0 saturated heterocycles. The topological polar surface area (TPSA) is 87.7 Å². The predicted octanol–water partition coefficient (Wildman–Crippen LogP) is 6.91. The van der Waals surface area contributed by atoms with Crippen molar-refractivity contribution in [2.75, 3.05) is 17.2 Å². The molecule has 1 heterocycles. The van der Waals surface area contributed by atoms with Gasteiger partial charge in [0.25, 0.3) is 0 Å². The second-order valence-electron chi connectivity index (χ2n) is 9.27. The van der Waals surface area contributed by atoms with Crippen LogP contribution in [0, 0.1) is 6.92 Å². The van der Waals surface area contributed by atoms with Gasteiger partial charge in [-0.3, -0.25) is 4.79 Å². The number of fused-ring (bicyclic) bond motifs is 1. The SMILES string of the molecule is C1CC1.Cc1ccc(NC(=O)Nc2cc(C(C)CC(=O)O)cc3c2OCC3c2ccccc2)cc1. The van der Waals surface area contributed by atoms with Gasteiger partial charge in [-0.15, -0.1) is 0 Å². The molecule has 6 heteroatoms. The molecule has 2 atom stereocenters. The van der Waals surface area contributed by atoms with Gasteiger partial charge in [-0.05, 0) is 42.2 Å². The van der Waals surface area contributed by atoms with E-state index in [-0.39, 0.29) is 24.3 Å². The molecular weight excluding hydrogens is 440 g/mol. The van der Waals surface area contributed by atoms with Gasteiger partial charge in [-0.25, -0.2) is 4.79 Å². The number of ether oxygens (including phenoxy) is 1. The molecule has 1 aliphatic carbocycles. The highest BCUT2D eigenvalue weighted by atomic mass is 16.5. The van der Waals surface area contributed by atoms with E-state index in [2.05, 4.69) is 10.6 Å². The monoisotopic (exact) mass is 472 g/mol. The number of anilines is 2. The molecule has 0 aromatic heterocycles. The van der Waals surface area contributed by atoms with E-state index in [0.29, 0.717) is 23.7 Å². The summed E-state index contributed by atoms with van der Waals surface area (Å²) in [6.45, 7) is 4.32. The number of aryl methyl sites for hydroxylation is 1. The third kappa shape index (κ3) is 6.63. The molecule has 2 amide bonds. The van der Waals surface area contributed by atoms with Crippen LogP contribution in [0.1, 0.15) is 66.7 Å². The Morgan fingerprint density at radius 2 is 1.69 bits per heavy atom. The van der Waals surface area contributed by atoms with Gasteiger partial charge >= 0.3 is 12.0 Å². The lowest BCUT2D eigenvalue weighted by Gasteiger charge is -2.17. The Bertz CT molecular complexity index is 1170. The molecule has 0 radical (unpaired) electrons. The highest BCUT2D eigenvalue weighted by Gasteiger charge is 2.30. The van der Waals surface area contributed by atoms with Gasteiger partial charge in [0.05, 0.1) is 18.7 Å². The first kappa shape index (κ1) is 24.3. The summed E-state index contributed by atoms with van der Waals surface area (Å²) in [6, 6.07) is 21.0. The fraction of sp³-hybridized carbons (Fsp3) is 0.310. The molecule has 35 heavy (non-hydrogen) atoms. The summed E-state index contributed by atoms with van der Waals surface area (Å²) in [4.78, 5) is 24.0. The molecule has 182 valence electrons. The van der Waals surface area contributed by atoms with Crippen LogP contribution in [0.5, 0.6) is 5.75 Å². The smallest absolute Gasteiger partial charge is 0.323 e. The molecule has 6 nitrogen and oxygen atoms in total. The maximum Gasteiger partial charge on any atom is 0.323 e. The number of nitrogens with one attached hydrogen (secondary N) is 2. The molecule has 2 aliphatic rings. The Labute approximate surface area is 206 Å². The van der Waals surface area contributed by atoms with Gasteiger partial charge in [-0.2, -0.15) is 0 Å². The van der Waals surface area contributed by atoms with Gasteiger partial charge in [0.15, 0.2) is 0 Å². The number of benzene rings is 3. The minimum atomic E-state index is -0.861. The standard InChI is InChI=1S/C26H26N2O4.C3H6/c1-16-8-10-20(11-9-16)27-26(31)28-23-14-19(17(2)12-24(29)30)13-21-22(15-32-25(21)23)18-6-4-3-5-7-18;1-2-3-1/h3-11,13-14,17,22H,12,15H2,1-2H3,(H,29,30)(H2,27,28,31);1-3H2. The third-order valence-electron chi connectivity index (χ3n) is 6.07. The zero-order valence-electron chi connectivity index (χ0n) is 20.2. The van der Waals surface area contributed by atoms with Crippen LogP contribution in [0.2, 0.25) is 0 Å². The van der Waals surface area contributed by atoms with Gasteiger partial charge in [-0.1, -0.05) is 80.3 Å². The number of carboxylic acid groups (broad SMARTS) is 1. The summed E-state index contributed by atoms with van der Waals surface area (Å²) in [5, 5.41) is 15.0. The van der Waals surface area contributed by atoms with Crippen molar-refractivity contribution >= 4 is 23.4 Å². The van der Waals surface area contributed by atoms with Gasteiger partial charge in [0, 0.05) is 17.2 Å². The molecule has 1 fully saturated rings. The minimum Gasteiger partial charge on any atom is -0.490 e. The van der Waals surface area contributed by atoms with E-state index in [0.717, 1.165) is 22.3 Å². The number of hydrogen-bond acceptors (Lipinski definition) is 3. The van der Waals surface area contributed by atoms with Crippen molar-refractivity contribution in [3.8, 4) is 5.75 Å². The molecule has 0 bridgehead atoms. The number of amides is 2. The molecular formula is C29H32N2O4. The van der Waals surface area contributed by atoms with Gasteiger partial charge in [0.1, 0.15) is 5.75 Å². The lowest BCUT2D eigenvalue weighted by atomic mass is 9.88. The van der Waals surface area contributed by atoms with Crippen molar-refractivity contribution in [1.82, 2.24) is 0 Å². The zero-order valence-corrected chi connectivity index (χ0v) is 20.2. The van der Waals surface area contributed by atoms with Crippen LogP contribution in [-0.2, 0) is 4.79 Å². The maximum atomic E-state index is 12.7. The third-order valence-corrected chi connectivity index (χ3v) is 6.07. The molecule has 3 N–H and O–H groups in total. The van der Waals surface area contributed by atoms with Crippen LogP contribution in [0.3, 0.4) is 0 Å². The number of urea groups is 1. The van der Waals surface area contributed by atoms with E-state index >= 15 is 0 Å². The summed E-state index contributed by atoms with van der Waals surface area (Å²) in [7, 11) is 0. The summed E-state index contributed by atoms with van der Waals surface area (Å²) in [5.41, 5.74) is 5.25. The number of carbonyl (C=O) groups is 2. The number of rotatable bonds is 6. The van der Waals surface area contributed by atoms with Crippen molar-refractivity contribution in [2.24, 2.45) is 0 Å². The molecule has 5 rings (SSSR count). The Hall–Kier alpha value is -3.80. The summed E-state index contributed by atoms with van der Waals surface area (Å²) in [6.07, 6.45) is 4.50. The van der Waals surface area contributed by atoms with E-state index in [1.165, 1.54) is 19.3 Å². The average molecular weight is 473 g/mol. The maximum absolute atomic E-state index is 12.7. The molecule has 0 spiro atoms. The Morgan fingerprint density at radius 3 is 2.31 bits per heavy atom. The first-order valence-corrected chi connectivity index (χ1v) is 12.1. The second-order valence-corrected chi connectivity index (χ2v) is 9.27. The molecule has 3 aromatic rings. The van der Waals surface area contributed by atoms with E-state index in [9.17, 15) is 14.7 Å². The van der Waals surface area contributed by atoms with E-state index in [4.69, 9.17) is 4.74 Å². The van der Waals surface area contributed by atoms with Crippen LogP contribution in [0.4, 0.5) is 16.2 Å². The van der Waals surface area contributed by atoms with Crippen molar-refractivity contribution in [2.45, 2.75) is 51.4 Å². The van der Waals surface area contributed by atoms with Crippen LogP contribution >= 0.6 is 0 Å². The number of carbonyl (C=O) groups excluding carboxylic acids is 1. The Kier molecular flexibility index (Phi) is 7.70. The summed E-state index contributed by atoms with van der Waals surface area (Å²) in [5.74, 6) is -0.427. The molecule has 3 aromatic carbocycles. The minimum absolute atomic E-state index is 0.00461. The van der Waals surface area contributed by atoms with Crippen LogP contribution in [0.15, 0.2) is 66.7 Å². The first-order chi connectivity index (χ1) is 16.9. The van der Waals surface area contributed by atoms with E-state index in [1.54, 1.807) is 0 Å². The van der Waals surface area contributed by atoms with Gasteiger partial charge in [0.2, 0.25) is 0 Å². The zero-order chi connectivity index (χ0) is 24.8. The van der Waals surface area contributed by atoms with Crippen molar-refractivity contribution in [3.05, 3.63) is 89.0 Å². The van der Waals surface area contributed by atoms with Crippen LogP contribution < -0.4 is 15.4 Å². The van der Waals surface area contributed by atoms with Crippen molar-refractivity contribution in [3.63, 3.8) is 0 Å². The van der Waals surface area contributed by atoms with Crippen LogP contribution in [0.25, 0.3) is 0 Å². The molecule has 1 aliphatic heterocycles. The largest absolute Gasteiger partial charge is 0.490 e. The summed E-state index contributed by atoms with van der Waals surface area (Å²) >= 11 is 0. The molecule has 2 unspecified atom stereocenters. The fourth-order valence-corrected chi connectivity index (χ4v) is 3.99. The highest BCUT2D eigenvalue weighted by Crippen LogP contribution is 2.45. The Balaban J connectivity index is 0.000000894. The lowest BCUT2D eigenvalue weighted by Crippen LogP contribution is -2.20. The summed E-state index contributed by atoms with van der Waals surface area (Å²) < 4.78 is 6.02. The second kappa shape index (κ2) is 11.1. The normalized spacial score (nSPS) is 16.1. The van der Waals surface area contributed by atoms with Crippen molar-refractivity contribution < 1.29 is 19.4 Å². The van der Waals surface area contributed by atoms with Crippen molar-refractivity contribution in [1.29, 1.82) is 0 Å². The van der Waals surface area contributed by atoms with E-state index < -0.39 is 5.97 Å². The predicted molar refractivity (Wildman–Crippen MR) is 139 cm³/mol. The number of hydrogen-bond donors (Lipinski definition) is 3. The molecule has 1 saturated carbocycles. The van der Waals surface area contributed by atoms with Crippen LogP contribution in [-0.4, -0.2) is 23.7 Å². The van der Waals surface area contributed by atoms with E-state index in [1.807, 2.05) is 80.6 Å².